The van der Waals surface area contributed by atoms with Gasteiger partial charge in [-0.15, -0.1) is 0 Å². The Morgan fingerprint density at radius 2 is 2.18 bits per heavy atom. The number of aromatic hydroxyl groups is 1. The van der Waals surface area contributed by atoms with E-state index >= 15 is 0 Å². The van der Waals surface area contributed by atoms with Crippen molar-refractivity contribution in [3.8, 4) is 5.75 Å². The smallest absolute Gasteiger partial charge is 0.252 e. The van der Waals surface area contributed by atoms with Gasteiger partial charge in [0.1, 0.15) is 5.75 Å². The molecule has 0 spiro atoms. The zero-order chi connectivity index (χ0) is 8.43. The lowest BCUT2D eigenvalue weighted by Crippen LogP contribution is -2.11. The van der Waals surface area contributed by atoms with Crippen LogP contribution in [-0.2, 0) is 0 Å². The molecule has 1 amide bonds. The molecule has 0 fully saturated rings. The Morgan fingerprint density at radius 3 is 2.64 bits per heavy atom. The van der Waals surface area contributed by atoms with Crippen LogP contribution in [0.5, 0.6) is 5.75 Å². The molecule has 0 saturated heterocycles. The van der Waals surface area contributed by atoms with Crippen molar-refractivity contribution in [2.75, 3.05) is 0 Å². The summed E-state index contributed by atoms with van der Waals surface area (Å²) in [5, 5.41) is 9.10. The maximum Gasteiger partial charge on any atom is 0.252 e. The summed E-state index contributed by atoms with van der Waals surface area (Å²) in [5.74, 6) is -0.672. The van der Waals surface area contributed by atoms with Gasteiger partial charge in [-0.05, 0) is 19.1 Å². The third-order valence-electron chi connectivity index (χ3n) is 1.42. The average molecular weight is 151 g/mol. The lowest BCUT2D eigenvalue weighted by atomic mass is 10.1. The number of aryl methyl sites for hydroxylation is 1. The summed E-state index contributed by atoms with van der Waals surface area (Å²) in [4.78, 5) is 10.6. The van der Waals surface area contributed by atoms with E-state index in [2.05, 4.69) is 0 Å². The van der Waals surface area contributed by atoms with Crippen molar-refractivity contribution in [2.24, 2.45) is 5.73 Å². The van der Waals surface area contributed by atoms with Crippen LogP contribution in [0.4, 0.5) is 0 Å². The summed E-state index contributed by atoms with van der Waals surface area (Å²) in [6.45, 7) is 1.83. The SMILES string of the molecule is Cc1ccc(O)c(C(N)=O)c1. The van der Waals surface area contributed by atoms with E-state index in [9.17, 15) is 4.79 Å². The highest BCUT2D eigenvalue weighted by atomic mass is 16.3. The summed E-state index contributed by atoms with van der Waals surface area (Å²) in [7, 11) is 0. The van der Waals surface area contributed by atoms with Crippen molar-refractivity contribution < 1.29 is 9.90 Å². The molecule has 58 valence electrons. The topological polar surface area (TPSA) is 63.3 Å². The van der Waals surface area contributed by atoms with E-state index in [0.29, 0.717) is 0 Å². The molecule has 0 aromatic heterocycles. The van der Waals surface area contributed by atoms with Crippen LogP contribution in [-0.4, -0.2) is 11.0 Å². The normalized spacial score (nSPS) is 9.55. The average Bonchev–Trinajstić information content (AvgIpc) is 1.94. The first-order valence-corrected chi connectivity index (χ1v) is 3.20. The zero-order valence-corrected chi connectivity index (χ0v) is 6.16. The molecule has 0 aliphatic rings. The Kier molecular flexibility index (Phi) is 1.81. The molecule has 0 radical (unpaired) electrons. The minimum absolute atomic E-state index is 0.0666. The molecule has 0 aliphatic heterocycles. The third-order valence-corrected chi connectivity index (χ3v) is 1.42. The maximum atomic E-state index is 10.6. The van der Waals surface area contributed by atoms with E-state index in [1.165, 1.54) is 6.07 Å². The maximum absolute atomic E-state index is 10.6. The van der Waals surface area contributed by atoms with Crippen molar-refractivity contribution in [3.63, 3.8) is 0 Å². The Hall–Kier alpha value is -1.51. The number of nitrogens with two attached hydrogens (primary N) is 1. The quantitative estimate of drug-likeness (QED) is 0.623. The van der Waals surface area contributed by atoms with Gasteiger partial charge in [0.05, 0.1) is 5.56 Å². The van der Waals surface area contributed by atoms with Gasteiger partial charge in [0.15, 0.2) is 0 Å². The van der Waals surface area contributed by atoms with Gasteiger partial charge in [0.25, 0.3) is 5.91 Å². The number of hydrogen-bond donors (Lipinski definition) is 2. The second-order valence-electron chi connectivity index (χ2n) is 2.38. The second-order valence-corrected chi connectivity index (χ2v) is 2.38. The molecule has 0 atom stereocenters. The second kappa shape index (κ2) is 2.62. The van der Waals surface area contributed by atoms with Crippen LogP contribution in [0, 0.1) is 6.92 Å². The van der Waals surface area contributed by atoms with Gasteiger partial charge in [-0.1, -0.05) is 11.6 Å². The lowest BCUT2D eigenvalue weighted by molar-refractivity contribution is 0.0997. The van der Waals surface area contributed by atoms with Crippen molar-refractivity contribution in [3.05, 3.63) is 29.3 Å². The number of carbonyl (C=O) groups excluding carboxylic acids is 1. The van der Waals surface area contributed by atoms with Crippen molar-refractivity contribution in [1.29, 1.82) is 0 Å². The summed E-state index contributed by atoms with van der Waals surface area (Å²) < 4.78 is 0. The molecule has 0 bridgehead atoms. The minimum Gasteiger partial charge on any atom is -0.507 e. The minimum atomic E-state index is -0.605. The Labute approximate surface area is 64.5 Å². The fraction of sp³-hybridized carbons (Fsp3) is 0.125. The summed E-state index contributed by atoms with van der Waals surface area (Å²) in [5.41, 5.74) is 6.06. The fourth-order valence-electron chi connectivity index (χ4n) is 0.847. The first-order valence-electron chi connectivity index (χ1n) is 3.20. The molecule has 0 aliphatic carbocycles. The Bertz CT molecular complexity index is 294. The fourth-order valence-corrected chi connectivity index (χ4v) is 0.847. The number of benzene rings is 1. The monoisotopic (exact) mass is 151 g/mol. The zero-order valence-electron chi connectivity index (χ0n) is 6.16. The number of amides is 1. The molecule has 3 nitrogen and oxygen atoms in total. The molecular weight excluding hydrogens is 142 g/mol. The highest BCUT2D eigenvalue weighted by Crippen LogP contribution is 2.16. The summed E-state index contributed by atoms with van der Waals surface area (Å²) in [6.07, 6.45) is 0. The molecule has 1 aromatic carbocycles. The first-order chi connectivity index (χ1) is 5.11. The summed E-state index contributed by atoms with van der Waals surface area (Å²) >= 11 is 0. The molecule has 3 heteroatoms. The van der Waals surface area contributed by atoms with Gasteiger partial charge in [-0.3, -0.25) is 4.79 Å². The van der Waals surface area contributed by atoms with E-state index in [1.54, 1.807) is 12.1 Å². The van der Waals surface area contributed by atoms with Crippen molar-refractivity contribution in [2.45, 2.75) is 6.92 Å². The third kappa shape index (κ3) is 1.49. The molecule has 1 aromatic rings. The Balaban J connectivity index is 3.23. The molecule has 0 saturated carbocycles. The first kappa shape index (κ1) is 7.60. The van der Waals surface area contributed by atoms with Crippen molar-refractivity contribution >= 4 is 5.91 Å². The van der Waals surface area contributed by atoms with E-state index in [0.717, 1.165) is 5.56 Å². The summed E-state index contributed by atoms with van der Waals surface area (Å²) in [6, 6.07) is 4.72. The van der Waals surface area contributed by atoms with Gasteiger partial charge in [-0.25, -0.2) is 0 Å². The van der Waals surface area contributed by atoms with Crippen LogP contribution in [0.2, 0.25) is 0 Å². The molecule has 3 N–H and O–H groups in total. The highest BCUT2D eigenvalue weighted by molar-refractivity contribution is 5.95. The van der Waals surface area contributed by atoms with Gasteiger partial charge < -0.3 is 10.8 Å². The predicted molar refractivity (Wildman–Crippen MR) is 41.4 cm³/mol. The van der Waals surface area contributed by atoms with E-state index in [4.69, 9.17) is 10.8 Å². The van der Waals surface area contributed by atoms with Crippen LogP contribution in [0.3, 0.4) is 0 Å². The molecule has 11 heavy (non-hydrogen) atoms. The number of phenols is 1. The van der Waals surface area contributed by atoms with Crippen LogP contribution < -0.4 is 5.73 Å². The van der Waals surface area contributed by atoms with Crippen LogP contribution >= 0.6 is 0 Å². The van der Waals surface area contributed by atoms with Gasteiger partial charge in [0, 0.05) is 0 Å². The Morgan fingerprint density at radius 1 is 1.55 bits per heavy atom. The molecular formula is C8H9NO2. The molecule has 0 heterocycles. The van der Waals surface area contributed by atoms with Gasteiger partial charge >= 0.3 is 0 Å². The van der Waals surface area contributed by atoms with E-state index in [1.807, 2.05) is 6.92 Å². The van der Waals surface area contributed by atoms with Crippen LogP contribution in [0.15, 0.2) is 18.2 Å². The van der Waals surface area contributed by atoms with Gasteiger partial charge in [-0.2, -0.15) is 0 Å². The lowest BCUT2D eigenvalue weighted by Gasteiger charge is -1.99. The van der Waals surface area contributed by atoms with Gasteiger partial charge in [0.2, 0.25) is 0 Å². The number of primary amides is 1. The standard InChI is InChI=1S/C8H9NO2/c1-5-2-3-7(10)6(4-5)8(9)11/h2-4,10H,1H3,(H2,9,11). The largest absolute Gasteiger partial charge is 0.507 e. The molecule has 0 unspecified atom stereocenters. The van der Waals surface area contributed by atoms with E-state index < -0.39 is 5.91 Å². The highest BCUT2D eigenvalue weighted by Gasteiger charge is 2.05. The van der Waals surface area contributed by atoms with Crippen LogP contribution in [0.1, 0.15) is 15.9 Å². The van der Waals surface area contributed by atoms with Crippen LogP contribution in [0.25, 0.3) is 0 Å². The molecule has 1 rings (SSSR count). The number of carbonyl (C=O) groups is 1. The van der Waals surface area contributed by atoms with Crippen molar-refractivity contribution in [1.82, 2.24) is 0 Å². The number of hydrogen-bond acceptors (Lipinski definition) is 2. The number of rotatable bonds is 1. The van der Waals surface area contributed by atoms with E-state index in [-0.39, 0.29) is 11.3 Å². The predicted octanol–water partition coefficient (Wildman–Crippen LogP) is 0.800.